The summed E-state index contributed by atoms with van der Waals surface area (Å²) in [5.41, 5.74) is 4.26. The number of carbonyl (C=O) groups is 1. The molecule has 0 radical (unpaired) electrons. The Labute approximate surface area is 171 Å². The largest absolute Gasteiger partial charge is 0.339 e. The number of carbonyl (C=O) groups excluding carboxylic acids is 1. The second-order valence-corrected chi connectivity index (χ2v) is 7.59. The van der Waals surface area contributed by atoms with Gasteiger partial charge < -0.3 is 9.88 Å². The molecule has 0 bridgehead atoms. The number of benzene rings is 2. The van der Waals surface area contributed by atoms with Crippen LogP contribution in [-0.4, -0.2) is 20.4 Å². The molecule has 2 aromatic carbocycles. The number of para-hydroxylation sites is 1. The van der Waals surface area contributed by atoms with Gasteiger partial charge in [-0.1, -0.05) is 24.3 Å². The molecule has 0 saturated carbocycles. The lowest BCUT2D eigenvalue weighted by molar-refractivity contribution is 0.102. The number of anilines is 1. The minimum Gasteiger partial charge on any atom is -0.339 e. The van der Waals surface area contributed by atoms with Crippen molar-refractivity contribution in [1.82, 2.24) is 14.5 Å². The van der Waals surface area contributed by atoms with Crippen LogP contribution in [0.1, 0.15) is 17.4 Å². The summed E-state index contributed by atoms with van der Waals surface area (Å²) in [5.74, 6) is -0.213. The van der Waals surface area contributed by atoms with Gasteiger partial charge in [0.05, 0.1) is 11.2 Å². The van der Waals surface area contributed by atoms with Crippen LogP contribution in [0.2, 0.25) is 0 Å². The molecule has 0 aliphatic heterocycles. The number of amides is 1. The van der Waals surface area contributed by atoms with Gasteiger partial charge in [0, 0.05) is 40.1 Å². The number of fused-ring (bicyclic) bond motifs is 2. The quantitative estimate of drug-likeness (QED) is 0.430. The molecular formula is C23H18N4OS. The number of aromatic nitrogens is 3. The lowest BCUT2D eigenvalue weighted by atomic mass is 10.2. The number of aryl methyl sites for hydroxylation is 1. The smallest absolute Gasteiger partial charge is 0.275 e. The van der Waals surface area contributed by atoms with Crippen LogP contribution in [0, 0.1) is 0 Å². The van der Waals surface area contributed by atoms with Crippen LogP contribution in [0.25, 0.3) is 32.5 Å². The van der Waals surface area contributed by atoms with Crippen LogP contribution < -0.4 is 5.32 Å². The highest BCUT2D eigenvalue weighted by molar-refractivity contribution is 7.13. The number of pyridine rings is 1. The van der Waals surface area contributed by atoms with E-state index >= 15 is 0 Å². The summed E-state index contributed by atoms with van der Waals surface area (Å²) in [6.45, 7) is 2.96. The van der Waals surface area contributed by atoms with Gasteiger partial charge in [-0.15, -0.1) is 11.3 Å². The van der Waals surface area contributed by atoms with Crippen molar-refractivity contribution < 1.29 is 4.79 Å². The van der Waals surface area contributed by atoms with Crippen molar-refractivity contribution in [3.8, 4) is 10.7 Å². The predicted molar refractivity (Wildman–Crippen MR) is 118 cm³/mol. The van der Waals surface area contributed by atoms with Crippen molar-refractivity contribution in [2.45, 2.75) is 13.5 Å². The number of thiazole rings is 1. The van der Waals surface area contributed by atoms with Gasteiger partial charge in [0.2, 0.25) is 0 Å². The lowest BCUT2D eigenvalue weighted by Crippen LogP contribution is -2.12. The maximum absolute atomic E-state index is 12.7. The molecule has 1 amide bonds. The Balaban J connectivity index is 1.44. The third-order valence-electron chi connectivity index (χ3n) is 4.94. The summed E-state index contributed by atoms with van der Waals surface area (Å²) in [6.07, 6.45) is 1.76. The zero-order valence-electron chi connectivity index (χ0n) is 15.8. The second-order valence-electron chi connectivity index (χ2n) is 6.74. The molecule has 0 aliphatic carbocycles. The lowest BCUT2D eigenvalue weighted by Gasteiger charge is -2.06. The number of hydrogen-bond donors (Lipinski definition) is 1. The Morgan fingerprint density at radius 3 is 2.83 bits per heavy atom. The zero-order chi connectivity index (χ0) is 19.8. The Bertz CT molecular complexity index is 1350. The molecule has 29 heavy (non-hydrogen) atoms. The monoisotopic (exact) mass is 398 g/mol. The number of hydrogen-bond acceptors (Lipinski definition) is 4. The second kappa shape index (κ2) is 7.14. The normalized spacial score (nSPS) is 11.2. The van der Waals surface area contributed by atoms with Gasteiger partial charge in [-0.3, -0.25) is 9.78 Å². The predicted octanol–water partition coefficient (Wildman–Crippen LogP) is 5.59. The molecule has 0 atom stereocenters. The van der Waals surface area contributed by atoms with E-state index in [1.54, 1.807) is 6.20 Å². The van der Waals surface area contributed by atoms with Gasteiger partial charge >= 0.3 is 0 Å². The van der Waals surface area contributed by atoms with E-state index in [1.807, 2.05) is 47.8 Å². The molecule has 5 aromatic rings. The van der Waals surface area contributed by atoms with Crippen LogP contribution >= 0.6 is 11.3 Å². The first-order valence-corrected chi connectivity index (χ1v) is 10.3. The van der Waals surface area contributed by atoms with Crippen LogP contribution in [0.3, 0.4) is 0 Å². The van der Waals surface area contributed by atoms with E-state index < -0.39 is 0 Å². The molecule has 0 unspecified atom stereocenters. The van der Waals surface area contributed by atoms with Crippen molar-refractivity contribution >= 4 is 44.7 Å². The van der Waals surface area contributed by atoms with Crippen molar-refractivity contribution in [3.63, 3.8) is 0 Å². The molecule has 0 fully saturated rings. The van der Waals surface area contributed by atoms with Crippen LogP contribution in [0.15, 0.2) is 72.2 Å². The Kier molecular flexibility index (Phi) is 4.33. The van der Waals surface area contributed by atoms with E-state index in [2.05, 4.69) is 45.0 Å². The number of rotatable bonds is 4. The Morgan fingerprint density at radius 2 is 1.93 bits per heavy atom. The van der Waals surface area contributed by atoms with Crippen molar-refractivity contribution in [3.05, 3.63) is 77.9 Å². The molecule has 0 aliphatic rings. The first-order valence-electron chi connectivity index (χ1n) is 9.43. The maximum atomic E-state index is 12.7. The third kappa shape index (κ3) is 3.17. The van der Waals surface area contributed by atoms with E-state index in [1.165, 1.54) is 22.2 Å². The van der Waals surface area contributed by atoms with Gasteiger partial charge in [0.1, 0.15) is 10.7 Å². The van der Waals surface area contributed by atoms with E-state index in [0.717, 1.165) is 33.8 Å². The highest BCUT2D eigenvalue weighted by atomic mass is 32.1. The molecule has 3 aromatic heterocycles. The zero-order valence-corrected chi connectivity index (χ0v) is 16.6. The molecule has 0 spiro atoms. The van der Waals surface area contributed by atoms with Gasteiger partial charge in [-0.2, -0.15) is 0 Å². The first-order chi connectivity index (χ1) is 14.2. The van der Waals surface area contributed by atoms with Crippen molar-refractivity contribution in [2.75, 3.05) is 5.32 Å². The van der Waals surface area contributed by atoms with Gasteiger partial charge in [-0.05, 0) is 43.3 Å². The molecule has 5 rings (SSSR count). The fourth-order valence-corrected chi connectivity index (χ4v) is 4.40. The van der Waals surface area contributed by atoms with Crippen molar-refractivity contribution in [1.29, 1.82) is 0 Å². The average molecular weight is 398 g/mol. The first kappa shape index (κ1) is 17.6. The summed E-state index contributed by atoms with van der Waals surface area (Å²) in [7, 11) is 0. The summed E-state index contributed by atoms with van der Waals surface area (Å²) < 4.78 is 2.23. The average Bonchev–Trinajstić information content (AvgIpc) is 3.38. The van der Waals surface area contributed by atoms with Gasteiger partial charge in [-0.25, -0.2) is 4.98 Å². The summed E-state index contributed by atoms with van der Waals surface area (Å²) in [6, 6.07) is 19.9. The molecule has 0 saturated heterocycles. The van der Waals surface area contributed by atoms with Crippen molar-refractivity contribution in [2.24, 2.45) is 0 Å². The van der Waals surface area contributed by atoms with Gasteiger partial charge in [0.15, 0.2) is 0 Å². The molecule has 5 nitrogen and oxygen atoms in total. The standard InChI is InChI=1S/C23H18N4OS/c1-2-27-20-8-4-3-6-16(20)13-21(27)23-26-19(14-29-23)22(28)25-17-9-10-18-15(12-17)7-5-11-24-18/h3-14H,2H2,1H3,(H,25,28). The van der Waals surface area contributed by atoms with E-state index in [9.17, 15) is 4.79 Å². The van der Waals surface area contributed by atoms with E-state index in [4.69, 9.17) is 0 Å². The fourth-order valence-electron chi connectivity index (χ4n) is 3.57. The summed E-state index contributed by atoms with van der Waals surface area (Å²) in [5, 5.41) is 7.75. The van der Waals surface area contributed by atoms with Crippen LogP contribution in [-0.2, 0) is 6.54 Å². The minimum atomic E-state index is -0.213. The Morgan fingerprint density at radius 1 is 1.07 bits per heavy atom. The van der Waals surface area contributed by atoms with E-state index in [-0.39, 0.29) is 5.91 Å². The number of nitrogens with one attached hydrogen (secondary N) is 1. The topological polar surface area (TPSA) is 59.8 Å². The third-order valence-corrected chi connectivity index (χ3v) is 5.81. The summed E-state index contributed by atoms with van der Waals surface area (Å²) >= 11 is 1.49. The van der Waals surface area contributed by atoms with Gasteiger partial charge in [0.25, 0.3) is 5.91 Å². The highest BCUT2D eigenvalue weighted by Gasteiger charge is 2.16. The van der Waals surface area contributed by atoms with Crippen LogP contribution in [0.5, 0.6) is 0 Å². The number of nitrogens with zero attached hydrogens (tertiary/aromatic N) is 3. The molecule has 6 heteroatoms. The maximum Gasteiger partial charge on any atom is 0.275 e. The van der Waals surface area contributed by atoms with Crippen LogP contribution in [0.4, 0.5) is 5.69 Å². The fraction of sp³-hybridized carbons (Fsp3) is 0.0870. The Hall–Kier alpha value is -3.51. The minimum absolute atomic E-state index is 0.213. The molecular weight excluding hydrogens is 380 g/mol. The van der Waals surface area contributed by atoms with E-state index in [0.29, 0.717) is 5.69 Å². The SMILES string of the molecule is CCn1c(-c2nc(C(=O)Nc3ccc4ncccc4c3)cs2)cc2ccccc21. The molecule has 142 valence electrons. The molecule has 3 heterocycles. The highest BCUT2D eigenvalue weighted by Crippen LogP contribution is 2.30. The summed E-state index contributed by atoms with van der Waals surface area (Å²) in [4.78, 5) is 21.7. The molecule has 1 N–H and O–H groups in total.